The van der Waals surface area contributed by atoms with Crippen LogP contribution in [0.1, 0.15) is 36.4 Å². The van der Waals surface area contributed by atoms with E-state index in [0.717, 1.165) is 0 Å². The highest BCUT2D eigenvalue weighted by atomic mass is 32.2. The van der Waals surface area contributed by atoms with Gasteiger partial charge >= 0.3 is 5.97 Å². The normalized spacial score (nSPS) is 19.5. The first-order chi connectivity index (χ1) is 13.1. The molecule has 0 bridgehead atoms. The third kappa shape index (κ3) is 3.89. The second-order valence-electron chi connectivity index (χ2n) is 6.93. The number of halogens is 1. The smallest absolute Gasteiger partial charge is 0.375 e. The lowest BCUT2D eigenvalue weighted by molar-refractivity contribution is -0.141. The van der Waals surface area contributed by atoms with Crippen LogP contribution in [0.2, 0.25) is 0 Å². The SMILES string of the molecule is CCN(C(=O)[C@@H](C)OC(=O)c1oc2ccc(F)cc2c1C)[C@H]1CCS(=O)(=O)C1. The Kier molecular flexibility index (Phi) is 5.47. The van der Waals surface area contributed by atoms with Crippen LogP contribution in [0.4, 0.5) is 4.39 Å². The third-order valence-electron chi connectivity index (χ3n) is 4.99. The summed E-state index contributed by atoms with van der Waals surface area (Å²) in [7, 11) is -3.15. The van der Waals surface area contributed by atoms with Gasteiger partial charge in [0.25, 0.3) is 5.91 Å². The first-order valence-corrected chi connectivity index (χ1v) is 10.9. The van der Waals surface area contributed by atoms with E-state index in [4.69, 9.17) is 9.15 Å². The van der Waals surface area contributed by atoms with Crippen LogP contribution < -0.4 is 0 Å². The summed E-state index contributed by atoms with van der Waals surface area (Å²) in [6.45, 7) is 5.10. The molecule has 1 aromatic heterocycles. The molecule has 0 saturated carbocycles. The molecule has 2 heterocycles. The van der Waals surface area contributed by atoms with E-state index >= 15 is 0 Å². The summed E-state index contributed by atoms with van der Waals surface area (Å²) < 4.78 is 47.6. The lowest BCUT2D eigenvalue weighted by Gasteiger charge is -2.29. The molecule has 1 amide bonds. The third-order valence-corrected chi connectivity index (χ3v) is 6.74. The molecular weight excluding hydrogens is 389 g/mol. The molecule has 2 aromatic rings. The number of amides is 1. The number of sulfone groups is 1. The summed E-state index contributed by atoms with van der Waals surface area (Å²) in [6, 6.07) is 3.49. The van der Waals surface area contributed by atoms with Crippen molar-refractivity contribution in [2.45, 2.75) is 39.3 Å². The van der Waals surface area contributed by atoms with Gasteiger partial charge < -0.3 is 14.1 Å². The second kappa shape index (κ2) is 7.54. The first-order valence-electron chi connectivity index (χ1n) is 9.03. The molecule has 3 rings (SSSR count). The number of esters is 1. The maximum Gasteiger partial charge on any atom is 0.375 e. The Labute approximate surface area is 162 Å². The number of carbonyl (C=O) groups is 2. The van der Waals surface area contributed by atoms with Crippen molar-refractivity contribution in [3.05, 3.63) is 35.3 Å². The summed E-state index contributed by atoms with van der Waals surface area (Å²) in [6.07, 6.45) is -0.739. The number of hydrogen-bond acceptors (Lipinski definition) is 6. The molecule has 152 valence electrons. The summed E-state index contributed by atoms with van der Waals surface area (Å²) in [5, 5.41) is 0.456. The van der Waals surface area contributed by atoms with Crippen molar-refractivity contribution >= 4 is 32.7 Å². The van der Waals surface area contributed by atoms with Crippen LogP contribution in [0.5, 0.6) is 0 Å². The Hall–Kier alpha value is -2.42. The molecule has 9 heteroatoms. The largest absolute Gasteiger partial charge is 0.449 e. The van der Waals surface area contributed by atoms with Crippen LogP contribution >= 0.6 is 0 Å². The number of nitrogens with zero attached hydrogens (tertiary/aromatic N) is 1. The van der Waals surface area contributed by atoms with Gasteiger partial charge in [0.1, 0.15) is 11.4 Å². The number of likely N-dealkylation sites (N-methyl/N-ethyl adjacent to an activating group) is 1. The summed E-state index contributed by atoms with van der Waals surface area (Å²) in [5.74, 6) is -1.87. The Bertz CT molecular complexity index is 1030. The van der Waals surface area contributed by atoms with E-state index in [2.05, 4.69) is 0 Å². The molecule has 1 aliphatic heterocycles. The molecule has 0 unspecified atom stereocenters. The van der Waals surface area contributed by atoms with Gasteiger partial charge in [-0.05, 0) is 45.4 Å². The summed E-state index contributed by atoms with van der Waals surface area (Å²) in [4.78, 5) is 26.6. The fourth-order valence-corrected chi connectivity index (χ4v) is 5.23. The van der Waals surface area contributed by atoms with E-state index in [1.807, 2.05) is 0 Å². The summed E-state index contributed by atoms with van der Waals surface area (Å²) in [5.41, 5.74) is 0.768. The van der Waals surface area contributed by atoms with Gasteiger partial charge in [-0.25, -0.2) is 17.6 Å². The Balaban J connectivity index is 1.74. The highest BCUT2D eigenvalue weighted by Gasteiger charge is 2.36. The van der Waals surface area contributed by atoms with Crippen LogP contribution in [0.25, 0.3) is 11.0 Å². The monoisotopic (exact) mass is 411 g/mol. The van der Waals surface area contributed by atoms with Crippen molar-refractivity contribution in [2.75, 3.05) is 18.1 Å². The number of aryl methyl sites for hydroxylation is 1. The molecule has 0 spiro atoms. The van der Waals surface area contributed by atoms with Crippen molar-refractivity contribution in [3.8, 4) is 0 Å². The Morgan fingerprint density at radius 1 is 1.39 bits per heavy atom. The van der Waals surface area contributed by atoms with Crippen molar-refractivity contribution in [2.24, 2.45) is 0 Å². The molecule has 1 fully saturated rings. The highest BCUT2D eigenvalue weighted by Crippen LogP contribution is 2.27. The average molecular weight is 411 g/mol. The van der Waals surface area contributed by atoms with Gasteiger partial charge in [0.15, 0.2) is 15.9 Å². The van der Waals surface area contributed by atoms with E-state index < -0.39 is 39.7 Å². The van der Waals surface area contributed by atoms with Gasteiger partial charge in [0.2, 0.25) is 5.76 Å². The van der Waals surface area contributed by atoms with Crippen molar-refractivity contribution in [1.82, 2.24) is 4.90 Å². The minimum atomic E-state index is -3.15. The van der Waals surface area contributed by atoms with Gasteiger partial charge in [-0.15, -0.1) is 0 Å². The topological polar surface area (TPSA) is 93.9 Å². The van der Waals surface area contributed by atoms with Crippen LogP contribution in [0.15, 0.2) is 22.6 Å². The molecule has 2 atom stereocenters. The predicted molar refractivity (Wildman–Crippen MR) is 100 cm³/mol. The number of carbonyl (C=O) groups excluding carboxylic acids is 2. The quantitative estimate of drug-likeness (QED) is 0.702. The molecule has 1 saturated heterocycles. The van der Waals surface area contributed by atoms with Crippen LogP contribution in [0, 0.1) is 12.7 Å². The highest BCUT2D eigenvalue weighted by molar-refractivity contribution is 7.91. The van der Waals surface area contributed by atoms with Gasteiger partial charge in [-0.1, -0.05) is 0 Å². The molecule has 28 heavy (non-hydrogen) atoms. The molecule has 0 N–H and O–H groups in total. The summed E-state index contributed by atoms with van der Waals surface area (Å²) >= 11 is 0. The molecule has 1 aliphatic rings. The standard InChI is InChI=1S/C19H22FNO6S/c1-4-21(14-7-8-28(24,25)10-14)18(22)12(3)26-19(23)17-11(2)15-9-13(20)5-6-16(15)27-17/h5-6,9,12,14H,4,7-8,10H2,1-3H3/t12-,14+/m1/s1. The van der Waals surface area contributed by atoms with Crippen LogP contribution in [0.3, 0.4) is 0 Å². The molecule has 1 aromatic carbocycles. The molecule has 7 nitrogen and oxygen atoms in total. The zero-order valence-electron chi connectivity index (χ0n) is 15.9. The maximum atomic E-state index is 13.4. The van der Waals surface area contributed by atoms with Gasteiger partial charge in [-0.2, -0.15) is 0 Å². The molecule has 0 radical (unpaired) electrons. The zero-order valence-corrected chi connectivity index (χ0v) is 16.7. The van der Waals surface area contributed by atoms with Gasteiger partial charge in [0, 0.05) is 23.5 Å². The Morgan fingerprint density at radius 2 is 2.11 bits per heavy atom. The fourth-order valence-electron chi connectivity index (χ4n) is 3.50. The lowest BCUT2D eigenvalue weighted by atomic mass is 10.1. The number of furan rings is 1. The van der Waals surface area contributed by atoms with Crippen LogP contribution in [-0.4, -0.2) is 55.4 Å². The first kappa shape index (κ1) is 20.3. The fraction of sp³-hybridized carbons (Fsp3) is 0.474. The van der Waals surface area contributed by atoms with Crippen LogP contribution in [-0.2, 0) is 19.4 Å². The van der Waals surface area contributed by atoms with E-state index in [1.54, 1.807) is 13.8 Å². The molecular formula is C19H22FNO6S. The van der Waals surface area contributed by atoms with Gasteiger partial charge in [0.05, 0.1) is 11.5 Å². The minimum Gasteiger partial charge on any atom is -0.449 e. The predicted octanol–water partition coefficient (Wildman–Crippen LogP) is 2.46. The number of benzene rings is 1. The lowest BCUT2D eigenvalue weighted by Crippen LogP contribution is -2.46. The number of ether oxygens (including phenoxy) is 1. The van der Waals surface area contributed by atoms with Crippen molar-refractivity contribution < 1.29 is 31.6 Å². The number of fused-ring (bicyclic) bond motifs is 1. The van der Waals surface area contributed by atoms with E-state index in [1.165, 1.54) is 30.0 Å². The van der Waals surface area contributed by atoms with E-state index in [9.17, 15) is 22.4 Å². The van der Waals surface area contributed by atoms with Crippen molar-refractivity contribution in [1.29, 1.82) is 0 Å². The average Bonchev–Trinajstić information content (AvgIpc) is 3.15. The minimum absolute atomic E-state index is 0.0460. The van der Waals surface area contributed by atoms with Crippen molar-refractivity contribution in [3.63, 3.8) is 0 Å². The Morgan fingerprint density at radius 3 is 2.71 bits per heavy atom. The number of rotatable bonds is 5. The maximum absolute atomic E-state index is 13.4. The van der Waals surface area contributed by atoms with E-state index in [-0.39, 0.29) is 17.3 Å². The van der Waals surface area contributed by atoms with E-state index in [0.29, 0.717) is 29.5 Å². The second-order valence-corrected chi connectivity index (χ2v) is 9.15. The number of hydrogen-bond donors (Lipinski definition) is 0. The molecule has 0 aliphatic carbocycles. The zero-order chi connectivity index (χ0) is 20.6. The van der Waals surface area contributed by atoms with Gasteiger partial charge in [-0.3, -0.25) is 4.79 Å².